The first-order chi connectivity index (χ1) is 8.97. The van der Waals surface area contributed by atoms with E-state index in [-0.39, 0.29) is 4.90 Å². The number of hydrogen-bond donors (Lipinski definition) is 2. The van der Waals surface area contributed by atoms with E-state index in [1.807, 2.05) is 4.72 Å². The lowest BCUT2D eigenvalue weighted by Crippen LogP contribution is -2.28. The summed E-state index contributed by atoms with van der Waals surface area (Å²) in [5.41, 5.74) is 0. The van der Waals surface area contributed by atoms with E-state index in [9.17, 15) is 17.2 Å². The Labute approximate surface area is 110 Å². The molecule has 0 bridgehead atoms. The molecule has 6 nitrogen and oxygen atoms in total. The van der Waals surface area contributed by atoms with E-state index >= 15 is 0 Å². The maximum atomic E-state index is 12.0. The zero-order chi connectivity index (χ0) is 13.9. The Morgan fingerprint density at radius 1 is 1.47 bits per heavy atom. The van der Waals surface area contributed by atoms with Crippen LogP contribution in [0.15, 0.2) is 17.3 Å². The SMILES string of the molecule is O=S(=O)(NCC(F)F)c1cnn(CCNC2CC2)c1. The van der Waals surface area contributed by atoms with Gasteiger partial charge in [-0.25, -0.2) is 21.9 Å². The molecule has 0 aliphatic heterocycles. The fraction of sp³-hybridized carbons (Fsp3) is 0.700. The third-order valence-corrected chi connectivity index (χ3v) is 4.08. The van der Waals surface area contributed by atoms with Crippen molar-refractivity contribution in [2.75, 3.05) is 13.1 Å². The lowest BCUT2D eigenvalue weighted by atomic mass is 10.6. The van der Waals surface area contributed by atoms with Gasteiger partial charge in [0, 0.05) is 18.8 Å². The monoisotopic (exact) mass is 294 g/mol. The number of nitrogens with zero attached hydrogens (tertiary/aromatic N) is 2. The van der Waals surface area contributed by atoms with E-state index in [2.05, 4.69) is 10.4 Å². The molecular weight excluding hydrogens is 278 g/mol. The van der Waals surface area contributed by atoms with Crippen LogP contribution < -0.4 is 10.0 Å². The molecule has 1 aromatic rings. The lowest BCUT2D eigenvalue weighted by molar-refractivity contribution is 0.153. The van der Waals surface area contributed by atoms with Gasteiger partial charge >= 0.3 is 0 Å². The van der Waals surface area contributed by atoms with Crippen molar-refractivity contribution in [2.24, 2.45) is 0 Å². The quantitative estimate of drug-likeness (QED) is 0.717. The van der Waals surface area contributed by atoms with Gasteiger partial charge in [-0.2, -0.15) is 5.10 Å². The molecule has 1 fully saturated rings. The number of alkyl halides is 2. The summed E-state index contributed by atoms with van der Waals surface area (Å²) in [5, 5.41) is 7.16. The van der Waals surface area contributed by atoms with Crippen LogP contribution in [0, 0.1) is 0 Å². The van der Waals surface area contributed by atoms with Crippen molar-refractivity contribution in [1.29, 1.82) is 0 Å². The van der Waals surface area contributed by atoms with E-state index in [0.717, 1.165) is 6.20 Å². The van der Waals surface area contributed by atoms with Crippen molar-refractivity contribution in [3.05, 3.63) is 12.4 Å². The fourth-order valence-electron chi connectivity index (χ4n) is 1.53. The van der Waals surface area contributed by atoms with Crippen LogP contribution in [-0.2, 0) is 16.6 Å². The highest BCUT2D eigenvalue weighted by molar-refractivity contribution is 7.89. The minimum Gasteiger partial charge on any atom is -0.312 e. The Bertz CT molecular complexity index is 513. The van der Waals surface area contributed by atoms with Crippen molar-refractivity contribution in [2.45, 2.75) is 36.7 Å². The maximum absolute atomic E-state index is 12.0. The number of hydrogen-bond acceptors (Lipinski definition) is 4. The van der Waals surface area contributed by atoms with Crippen molar-refractivity contribution in [3.8, 4) is 0 Å². The predicted octanol–water partition coefficient (Wildman–Crippen LogP) is 0.178. The van der Waals surface area contributed by atoms with E-state index in [0.29, 0.717) is 19.1 Å². The second kappa shape index (κ2) is 5.93. The number of sulfonamides is 1. The van der Waals surface area contributed by atoms with Gasteiger partial charge in [0.25, 0.3) is 6.43 Å². The van der Waals surface area contributed by atoms with Gasteiger partial charge in [0.1, 0.15) is 4.90 Å². The Balaban J connectivity index is 1.87. The van der Waals surface area contributed by atoms with Crippen LogP contribution in [0.2, 0.25) is 0 Å². The van der Waals surface area contributed by atoms with Crippen LogP contribution in [0.4, 0.5) is 8.78 Å². The zero-order valence-electron chi connectivity index (χ0n) is 10.2. The molecule has 1 aliphatic carbocycles. The molecule has 1 saturated carbocycles. The molecule has 1 aliphatic rings. The highest BCUT2D eigenvalue weighted by Crippen LogP contribution is 2.18. The largest absolute Gasteiger partial charge is 0.312 e. The van der Waals surface area contributed by atoms with E-state index < -0.39 is 23.0 Å². The molecular formula is C10H16F2N4O2S. The molecule has 19 heavy (non-hydrogen) atoms. The van der Waals surface area contributed by atoms with Gasteiger partial charge in [0.15, 0.2) is 0 Å². The Kier molecular flexibility index (Phi) is 4.48. The minimum atomic E-state index is -3.90. The van der Waals surface area contributed by atoms with Crippen LogP contribution in [-0.4, -0.2) is 43.8 Å². The van der Waals surface area contributed by atoms with Crippen LogP contribution in [0.1, 0.15) is 12.8 Å². The normalized spacial score (nSPS) is 16.2. The van der Waals surface area contributed by atoms with Crippen molar-refractivity contribution in [3.63, 3.8) is 0 Å². The van der Waals surface area contributed by atoms with Gasteiger partial charge in [-0.1, -0.05) is 0 Å². The minimum absolute atomic E-state index is 0.0976. The molecule has 2 N–H and O–H groups in total. The molecule has 2 rings (SSSR count). The zero-order valence-corrected chi connectivity index (χ0v) is 11.0. The van der Waals surface area contributed by atoms with Crippen LogP contribution in [0.5, 0.6) is 0 Å². The maximum Gasteiger partial charge on any atom is 0.251 e. The van der Waals surface area contributed by atoms with Crippen molar-refractivity contribution in [1.82, 2.24) is 19.8 Å². The van der Waals surface area contributed by atoms with Crippen molar-refractivity contribution >= 4 is 10.0 Å². The highest BCUT2D eigenvalue weighted by atomic mass is 32.2. The van der Waals surface area contributed by atoms with Gasteiger partial charge in [-0.3, -0.25) is 4.68 Å². The Morgan fingerprint density at radius 2 is 2.21 bits per heavy atom. The van der Waals surface area contributed by atoms with Crippen LogP contribution >= 0.6 is 0 Å². The number of rotatable bonds is 8. The smallest absolute Gasteiger partial charge is 0.251 e. The molecule has 0 aromatic carbocycles. The highest BCUT2D eigenvalue weighted by Gasteiger charge is 2.20. The summed E-state index contributed by atoms with van der Waals surface area (Å²) in [6.45, 7) is 0.355. The van der Waals surface area contributed by atoms with Crippen LogP contribution in [0.3, 0.4) is 0 Å². The Morgan fingerprint density at radius 3 is 2.84 bits per heavy atom. The van der Waals surface area contributed by atoms with Gasteiger partial charge < -0.3 is 5.32 Å². The first-order valence-corrected chi connectivity index (χ1v) is 7.49. The molecule has 1 aromatic heterocycles. The summed E-state index contributed by atoms with van der Waals surface area (Å²) >= 11 is 0. The summed E-state index contributed by atoms with van der Waals surface area (Å²) < 4.78 is 50.5. The predicted molar refractivity (Wildman–Crippen MR) is 64.4 cm³/mol. The van der Waals surface area contributed by atoms with Crippen LogP contribution in [0.25, 0.3) is 0 Å². The first kappa shape index (κ1) is 14.4. The Hall–Kier alpha value is -1.06. The molecule has 0 radical (unpaired) electrons. The summed E-state index contributed by atoms with van der Waals surface area (Å²) in [6, 6.07) is 0.575. The molecule has 9 heteroatoms. The number of aromatic nitrogens is 2. The molecule has 0 amide bonds. The summed E-state index contributed by atoms with van der Waals surface area (Å²) in [4.78, 5) is -0.0976. The number of nitrogens with one attached hydrogen (secondary N) is 2. The third kappa shape index (κ3) is 4.51. The van der Waals surface area contributed by atoms with Gasteiger partial charge in [0.2, 0.25) is 10.0 Å². The van der Waals surface area contributed by atoms with E-state index in [1.165, 1.54) is 23.7 Å². The topological polar surface area (TPSA) is 76.0 Å². The van der Waals surface area contributed by atoms with Gasteiger partial charge in [-0.15, -0.1) is 0 Å². The van der Waals surface area contributed by atoms with E-state index in [1.54, 1.807) is 0 Å². The van der Waals surface area contributed by atoms with E-state index in [4.69, 9.17) is 0 Å². The second-order valence-electron chi connectivity index (χ2n) is 4.41. The number of halogens is 2. The standard InChI is InChI=1S/C10H16F2N4O2S/c11-10(12)6-15-19(17,18)9-5-14-16(7-9)4-3-13-8-1-2-8/h5,7-8,10,13,15H,1-4,6H2. The van der Waals surface area contributed by atoms with Gasteiger partial charge in [-0.05, 0) is 12.8 Å². The summed E-state index contributed by atoms with van der Waals surface area (Å²) in [5.74, 6) is 0. The molecule has 108 valence electrons. The van der Waals surface area contributed by atoms with Gasteiger partial charge in [0.05, 0.1) is 19.3 Å². The third-order valence-electron chi connectivity index (χ3n) is 2.70. The molecule has 0 saturated heterocycles. The molecule has 0 atom stereocenters. The molecule has 0 spiro atoms. The molecule has 1 heterocycles. The summed E-state index contributed by atoms with van der Waals surface area (Å²) in [6.07, 6.45) is 2.13. The fourth-order valence-corrected chi connectivity index (χ4v) is 2.49. The average Bonchev–Trinajstić information content (AvgIpc) is 3.03. The first-order valence-electron chi connectivity index (χ1n) is 6.01. The molecule has 0 unspecified atom stereocenters. The van der Waals surface area contributed by atoms with Crippen molar-refractivity contribution < 1.29 is 17.2 Å². The second-order valence-corrected chi connectivity index (χ2v) is 6.18. The average molecular weight is 294 g/mol. The summed E-state index contributed by atoms with van der Waals surface area (Å²) in [7, 11) is -3.90. The lowest BCUT2D eigenvalue weighted by Gasteiger charge is -2.04.